The zero-order valence-corrected chi connectivity index (χ0v) is 15.0. The maximum Gasteiger partial charge on any atom is 0.160 e. The van der Waals surface area contributed by atoms with Crippen LogP contribution in [0.2, 0.25) is 0 Å². The van der Waals surface area contributed by atoms with Crippen molar-refractivity contribution < 1.29 is 8.78 Å². The number of aryl methyl sites for hydroxylation is 1. The molecule has 2 heteroatoms. The van der Waals surface area contributed by atoms with Gasteiger partial charge in [0.1, 0.15) is 0 Å². The van der Waals surface area contributed by atoms with E-state index in [2.05, 4.69) is 55.2 Å². The highest BCUT2D eigenvalue weighted by Crippen LogP contribution is 2.27. The van der Waals surface area contributed by atoms with E-state index in [1.54, 1.807) is 0 Å². The first-order valence-electron chi connectivity index (χ1n) is 9.06. The third-order valence-corrected chi connectivity index (χ3v) is 4.71. The molecule has 4 aromatic carbocycles. The second-order valence-electron chi connectivity index (χ2n) is 6.69. The van der Waals surface area contributed by atoms with Crippen LogP contribution in [0.25, 0.3) is 21.5 Å². The fourth-order valence-corrected chi connectivity index (χ4v) is 3.36. The molecule has 0 bridgehead atoms. The topological polar surface area (TPSA) is 0 Å². The molecule has 0 aliphatic carbocycles. The summed E-state index contributed by atoms with van der Waals surface area (Å²) >= 11 is 0. The van der Waals surface area contributed by atoms with Crippen LogP contribution in [-0.2, 0) is 6.42 Å². The van der Waals surface area contributed by atoms with Crippen LogP contribution in [0.1, 0.15) is 30.0 Å². The minimum absolute atomic E-state index is 0.455. The molecule has 0 amide bonds. The second kappa shape index (κ2) is 7.21. The van der Waals surface area contributed by atoms with Gasteiger partial charge in [0, 0.05) is 11.1 Å². The van der Waals surface area contributed by atoms with Crippen molar-refractivity contribution in [3.05, 3.63) is 95.1 Å². The molecule has 0 unspecified atom stereocenters. The van der Waals surface area contributed by atoms with Gasteiger partial charge in [-0.25, -0.2) is 8.78 Å². The summed E-state index contributed by atoms with van der Waals surface area (Å²) in [5.41, 5.74) is 2.66. The highest BCUT2D eigenvalue weighted by molar-refractivity contribution is 6.07. The van der Waals surface area contributed by atoms with Gasteiger partial charge >= 0.3 is 0 Å². The van der Waals surface area contributed by atoms with Gasteiger partial charge in [-0.3, -0.25) is 0 Å². The lowest BCUT2D eigenvalue weighted by molar-refractivity contribution is 0.508. The number of hydrogen-bond acceptors (Lipinski definition) is 0. The van der Waals surface area contributed by atoms with Gasteiger partial charge in [0.15, 0.2) is 11.6 Å². The molecule has 0 radical (unpaired) electrons. The monoisotopic (exact) mass is 356 g/mol. The summed E-state index contributed by atoms with van der Waals surface area (Å²) in [6, 6.07) is 20.7. The highest BCUT2D eigenvalue weighted by Gasteiger charge is 2.03. The van der Waals surface area contributed by atoms with Crippen molar-refractivity contribution in [3.8, 4) is 11.8 Å². The molecule has 0 nitrogen and oxygen atoms in total. The molecular weight excluding hydrogens is 338 g/mol. The third kappa shape index (κ3) is 3.55. The number of fused-ring (bicyclic) bond motifs is 3. The van der Waals surface area contributed by atoms with Crippen LogP contribution in [0.5, 0.6) is 0 Å². The first-order chi connectivity index (χ1) is 13.1. The zero-order valence-electron chi connectivity index (χ0n) is 15.0. The van der Waals surface area contributed by atoms with E-state index in [1.165, 1.54) is 27.8 Å². The van der Waals surface area contributed by atoms with Gasteiger partial charge in [0.05, 0.1) is 0 Å². The summed E-state index contributed by atoms with van der Waals surface area (Å²) in [4.78, 5) is 0. The van der Waals surface area contributed by atoms with Gasteiger partial charge in [-0.2, -0.15) is 0 Å². The number of hydrogen-bond donors (Lipinski definition) is 0. The van der Waals surface area contributed by atoms with Gasteiger partial charge in [-0.05, 0) is 63.9 Å². The first-order valence-corrected chi connectivity index (χ1v) is 9.06. The van der Waals surface area contributed by atoms with Gasteiger partial charge in [0.2, 0.25) is 0 Å². The lowest BCUT2D eigenvalue weighted by Gasteiger charge is -2.07. The largest absolute Gasteiger partial charge is 0.204 e. The minimum Gasteiger partial charge on any atom is -0.204 e. The second-order valence-corrected chi connectivity index (χ2v) is 6.69. The van der Waals surface area contributed by atoms with Crippen molar-refractivity contribution in [2.45, 2.75) is 19.8 Å². The highest BCUT2D eigenvalue weighted by atomic mass is 19.2. The predicted octanol–water partition coefficient (Wildman–Crippen LogP) is 6.62. The molecule has 0 atom stereocenters. The predicted molar refractivity (Wildman–Crippen MR) is 108 cm³/mol. The van der Waals surface area contributed by atoms with E-state index < -0.39 is 11.6 Å². The Morgan fingerprint density at radius 2 is 1.30 bits per heavy atom. The minimum atomic E-state index is -0.880. The fraction of sp³-hybridized carbons (Fsp3) is 0.120. The maximum absolute atomic E-state index is 13.3. The molecule has 27 heavy (non-hydrogen) atoms. The lowest BCUT2D eigenvalue weighted by atomic mass is 9.97. The Morgan fingerprint density at radius 1 is 0.667 bits per heavy atom. The van der Waals surface area contributed by atoms with E-state index in [-0.39, 0.29) is 0 Å². The maximum atomic E-state index is 13.3. The summed E-state index contributed by atoms with van der Waals surface area (Å²) in [7, 11) is 0. The van der Waals surface area contributed by atoms with E-state index in [4.69, 9.17) is 0 Å². The van der Waals surface area contributed by atoms with Crippen LogP contribution in [0.15, 0.2) is 66.7 Å². The Hall–Kier alpha value is -3.18. The van der Waals surface area contributed by atoms with E-state index >= 15 is 0 Å². The van der Waals surface area contributed by atoms with Gasteiger partial charge in [-0.15, -0.1) is 0 Å². The molecule has 0 N–H and O–H groups in total. The number of rotatable bonds is 2. The molecule has 132 valence electrons. The fourth-order valence-electron chi connectivity index (χ4n) is 3.36. The van der Waals surface area contributed by atoms with Crippen molar-refractivity contribution in [2.24, 2.45) is 0 Å². The van der Waals surface area contributed by atoms with Gasteiger partial charge < -0.3 is 0 Å². The Morgan fingerprint density at radius 3 is 2.00 bits per heavy atom. The molecule has 4 rings (SSSR count). The van der Waals surface area contributed by atoms with Crippen molar-refractivity contribution in [3.63, 3.8) is 0 Å². The molecule has 0 heterocycles. The quantitative estimate of drug-likeness (QED) is 0.279. The van der Waals surface area contributed by atoms with E-state index in [0.29, 0.717) is 5.56 Å². The molecule has 0 saturated carbocycles. The van der Waals surface area contributed by atoms with Crippen LogP contribution < -0.4 is 0 Å². The standard InChI is InChI=1S/C25H18F2/c1-2-3-17-6-11-22-20(14-17)9-10-21-15-18(7-12-23(21)22)4-5-19-8-13-24(26)25(27)16-19/h6-16H,2-3H2,1H3. The van der Waals surface area contributed by atoms with Crippen molar-refractivity contribution in [1.29, 1.82) is 0 Å². The van der Waals surface area contributed by atoms with Gasteiger partial charge in [-0.1, -0.05) is 61.6 Å². The molecule has 0 saturated heterocycles. The van der Waals surface area contributed by atoms with Crippen LogP contribution in [0.4, 0.5) is 8.78 Å². The van der Waals surface area contributed by atoms with E-state index in [0.717, 1.165) is 35.9 Å². The lowest BCUT2D eigenvalue weighted by Crippen LogP contribution is -1.86. The third-order valence-electron chi connectivity index (χ3n) is 4.71. The number of halogens is 2. The van der Waals surface area contributed by atoms with Crippen LogP contribution in [-0.4, -0.2) is 0 Å². The zero-order chi connectivity index (χ0) is 18.8. The molecule has 0 aliphatic rings. The molecule has 0 spiro atoms. The normalized spacial score (nSPS) is 10.8. The molecule has 0 fully saturated rings. The van der Waals surface area contributed by atoms with E-state index in [9.17, 15) is 8.78 Å². The van der Waals surface area contributed by atoms with Crippen LogP contribution in [0, 0.1) is 23.5 Å². The Labute approximate surface area is 157 Å². The summed E-state index contributed by atoms with van der Waals surface area (Å²) in [5.74, 6) is 4.19. The van der Waals surface area contributed by atoms with Crippen LogP contribution >= 0.6 is 0 Å². The first kappa shape index (κ1) is 17.2. The average Bonchev–Trinajstić information content (AvgIpc) is 2.68. The molecule has 0 aromatic heterocycles. The Bertz CT molecular complexity index is 1210. The summed E-state index contributed by atoms with van der Waals surface area (Å²) < 4.78 is 26.3. The smallest absolute Gasteiger partial charge is 0.160 e. The van der Waals surface area contributed by atoms with E-state index in [1.807, 2.05) is 12.1 Å². The molecular formula is C25H18F2. The Balaban J connectivity index is 1.72. The van der Waals surface area contributed by atoms with Crippen LogP contribution in [0.3, 0.4) is 0 Å². The molecule has 4 aromatic rings. The average molecular weight is 356 g/mol. The van der Waals surface area contributed by atoms with Crippen molar-refractivity contribution >= 4 is 21.5 Å². The molecule has 0 aliphatic heterocycles. The van der Waals surface area contributed by atoms with Gasteiger partial charge in [0.25, 0.3) is 0 Å². The summed E-state index contributed by atoms with van der Waals surface area (Å²) in [6.45, 7) is 2.19. The Kier molecular flexibility index (Phi) is 4.60. The number of benzene rings is 4. The SMILES string of the molecule is CCCc1ccc2c(ccc3cc(C#Cc4ccc(F)c(F)c4)ccc32)c1. The summed E-state index contributed by atoms with van der Waals surface area (Å²) in [6.07, 6.45) is 2.23. The van der Waals surface area contributed by atoms with Crippen molar-refractivity contribution in [2.75, 3.05) is 0 Å². The van der Waals surface area contributed by atoms with Crippen molar-refractivity contribution in [1.82, 2.24) is 0 Å². The summed E-state index contributed by atoms with van der Waals surface area (Å²) in [5, 5.41) is 4.78.